The largest absolute Gasteiger partial charge is 0.198 e. The molecule has 0 fully saturated rings. The third-order valence-electron chi connectivity index (χ3n) is 2.38. The molecule has 0 unspecified atom stereocenters. The van der Waals surface area contributed by atoms with E-state index in [4.69, 9.17) is 21.0 Å². The van der Waals surface area contributed by atoms with E-state index < -0.39 is 5.41 Å². The first kappa shape index (κ1) is 13.0. The molecule has 0 aromatic heterocycles. The van der Waals surface area contributed by atoms with Crippen LogP contribution in [0.1, 0.15) is 38.5 Å². The summed E-state index contributed by atoms with van der Waals surface area (Å²) in [5.74, 6) is 0. The summed E-state index contributed by atoms with van der Waals surface area (Å²) < 4.78 is 0. The Labute approximate surface area is 90.0 Å². The summed E-state index contributed by atoms with van der Waals surface area (Å²) >= 11 is 0. The summed E-state index contributed by atoms with van der Waals surface area (Å²) in [6.45, 7) is 0. The number of rotatable bonds is 6. The lowest BCUT2D eigenvalue weighted by Crippen LogP contribution is -2.18. The predicted molar refractivity (Wildman–Crippen MR) is 52.6 cm³/mol. The van der Waals surface area contributed by atoms with Gasteiger partial charge in [-0.1, -0.05) is 0 Å². The third-order valence-corrected chi connectivity index (χ3v) is 2.38. The summed E-state index contributed by atoms with van der Waals surface area (Å²) in [6.07, 6.45) is 2.23. The molecule has 0 aliphatic rings. The van der Waals surface area contributed by atoms with E-state index in [0.29, 0.717) is 38.5 Å². The van der Waals surface area contributed by atoms with Gasteiger partial charge >= 0.3 is 0 Å². The monoisotopic (exact) mass is 200 g/mol. The van der Waals surface area contributed by atoms with E-state index >= 15 is 0 Å². The van der Waals surface area contributed by atoms with Crippen LogP contribution in [0.4, 0.5) is 0 Å². The maximum absolute atomic E-state index is 9.08. The Bertz CT molecular complexity index is 299. The minimum absolute atomic E-state index is 0.296. The fourth-order valence-electron chi connectivity index (χ4n) is 1.43. The van der Waals surface area contributed by atoms with Gasteiger partial charge in [0.05, 0.1) is 29.7 Å². The first-order valence-electron chi connectivity index (χ1n) is 4.77. The van der Waals surface area contributed by atoms with Gasteiger partial charge in [-0.25, -0.2) is 0 Å². The van der Waals surface area contributed by atoms with Crippen LogP contribution in [0.3, 0.4) is 0 Å². The smallest absolute Gasteiger partial charge is 0.0690 e. The van der Waals surface area contributed by atoms with Crippen LogP contribution in [0.2, 0.25) is 0 Å². The quantitative estimate of drug-likeness (QED) is 0.657. The molecule has 15 heavy (non-hydrogen) atoms. The molecule has 4 heteroatoms. The van der Waals surface area contributed by atoms with E-state index in [1.54, 1.807) is 0 Å². The average molecular weight is 200 g/mol. The second-order valence-corrected chi connectivity index (χ2v) is 3.37. The Morgan fingerprint density at radius 2 is 1.00 bits per heavy atom. The van der Waals surface area contributed by atoms with E-state index in [9.17, 15) is 0 Å². The Morgan fingerprint density at radius 1 is 0.667 bits per heavy atom. The van der Waals surface area contributed by atoms with E-state index in [-0.39, 0.29) is 0 Å². The molecule has 0 spiro atoms. The van der Waals surface area contributed by atoms with Gasteiger partial charge in [-0.3, -0.25) is 0 Å². The van der Waals surface area contributed by atoms with Crippen LogP contribution < -0.4 is 0 Å². The number of hydrogen-bond donors (Lipinski definition) is 0. The summed E-state index contributed by atoms with van der Waals surface area (Å²) in [5.41, 5.74) is -0.665. The molecular formula is C11H12N4. The molecule has 0 aliphatic carbocycles. The molecule has 0 atom stereocenters. The summed E-state index contributed by atoms with van der Waals surface area (Å²) in [7, 11) is 0. The predicted octanol–water partition coefficient (Wildman–Crippen LogP) is 2.41. The Morgan fingerprint density at radius 3 is 1.20 bits per heavy atom. The van der Waals surface area contributed by atoms with Gasteiger partial charge in [0, 0.05) is 19.3 Å². The van der Waals surface area contributed by atoms with Gasteiger partial charge in [-0.15, -0.1) is 0 Å². The highest BCUT2D eigenvalue weighted by molar-refractivity contribution is 5.02. The van der Waals surface area contributed by atoms with Crippen molar-refractivity contribution in [1.82, 2.24) is 0 Å². The van der Waals surface area contributed by atoms with Crippen LogP contribution in [0.5, 0.6) is 0 Å². The van der Waals surface area contributed by atoms with Gasteiger partial charge in [0.15, 0.2) is 0 Å². The Balaban J connectivity index is 4.50. The van der Waals surface area contributed by atoms with Crippen molar-refractivity contribution in [1.29, 1.82) is 21.0 Å². The normalized spacial score (nSPS) is 9.33. The van der Waals surface area contributed by atoms with Gasteiger partial charge in [-0.2, -0.15) is 21.0 Å². The fourth-order valence-corrected chi connectivity index (χ4v) is 1.43. The van der Waals surface area contributed by atoms with Crippen molar-refractivity contribution in [3.8, 4) is 24.3 Å². The second-order valence-electron chi connectivity index (χ2n) is 3.37. The minimum atomic E-state index is -0.665. The third kappa shape index (κ3) is 4.66. The molecule has 0 aromatic rings. The molecule has 0 radical (unpaired) electrons. The first-order chi connectivity index (χ1) is 7.24. The zero-order valence-electron chi connectivity index (χ0n) is 8.53. The van der Waals surface area contributed by atoms with Crippen molar-refractivity contribution in [2.45, 2.75) is 38.5 Å². The van der Waals surface area contributed by atoms with Crippen LogP contribution >= 0.6 is 0 Å². The molecule has 0 saturated heterocycles. The second kappa shape index (κ2) is 7.37. The molecule has 0 saturated carbocycles. The van der Waals surface area contributed by atoms with Crippen molar-refractivity contribution >= 4 is 0 Å². The maximum atomic E-state index is 9.08. The first-order valence-corrected chi connectivity index (χ1v) is 4.77. The van der Waals surface area contributed by atoms with Gasteiger partial charge < -0.3 is 0 Å². The topological polar surface area (TPSA) is 95.2 Å². The summed E-state index contributed by atoms with van der Waals surface area (Å²) in [6, 6.07) is 8.15. The molecular weight excluding hydrogens is 188 g/mol. The molecule has 76 valence electrons. The lowest BCUT2D eigenvalue weighted by molar-refractivity contribution is 0.320. The van der Waals surface area contributed by atoms with Gasteiger partial charge in [0.1, 0.15) is 0 Å². The molecule has 0 rings (SSSR count). The van der Waals surface area contributed by atoms with Crippen molar-refractivity contribution in [2.75, 3.05) is 0 Å². The number of hydrogen-bond acceptors (Lipinski definition) is 4. The SMILES string of the molecule is N#CCCC(C#N)(CCC#N)CCC#N. The molecule has 0 aromatic carbocycles. The maximum Gasteiger partial charge on any atom is 0.0690 e. The van der Waals surface area contributed by atoms with Crippen LogP contribution in [0, 0.1) is 50.7 Å². The van der Waals surface area contributed by atoms with E-state index in [1.165, 1.54) is 0 Å². The Hall–Kier alpha value is -2.04. The van der Waals surface area contributed by atoms with Crippen LogP contribution in [-0.4, -0.2) is 0 Å². The average Bonchev–Trinajstić information content (AvgIpc) is 2.29. The standard InChI is InChI=1S/C11H12N4/c12-7-1-4-11(10-15,5-2-8-13)6-3-9-14/h1-6H2. The van der Waals surface area contributed by atoms with Crippen molar-refractivity contribution < 1.29 is 0 Å². The van der Waals surface area contributed by atoms with Gasteiger partial charge in [0.2, 0.25) is 0 Å². The van der Waals surface area contributed by atoms with Crippen molar-refractivity contribution in [2.24, 2.45) is 5.41 Å². The zero-order valence-corrected chi connectivity index (χ0v) is 8.53. The number of nitriles is 4. The molecule has 0 amide bonds. The lowest BCUT2D eigenvalue weighted by atomic mass is 9.77. The Kier molecular flexibility index (Phi) is 6.37. The van der Waals surface area contributed by atoms with Crippen molar-refractivity contribution in [3.05, 3.63) is 0 Å². The number of nitrogens with zero attached hydrogens (tertiary/aromatic N) is 4. The summed E-state index contributed by atoms with van der Waals surface area (Å²) in [4.78, 5) is 0. The molecule has 4 nitrogen and oxygen atoms in total. The van der Waals surface area contributed by atoms with Gasteiger partial charge in [0.25, 0.3) is 0 Å². The highest BCUT2D eigenvalue weighted by atomic mass is 14.4. The van der Waals surface area contributed by atoms with Crippen LogP contribution in [0.15, 0.2) is 0 Å². The molecule has 0 N–H and O–H groups in total. The van der Waals surface area contributed by atoms with E-state index in [1.807, 2.05) is 18.2 Å². The van der Waals surface area contributed by atoms with Crippen LogP contribution in [-0.2, 0) is 0 Å². The minimum Gasteiger partial charge on any atom is -0.198 e. The molecule has 0 heterocycles. The van der Waals surface area contributed by atoms with Crippen LogP contribution in [0.25, 0.3) is 0 Å². The summed E-state index contributed by atoms with van der Waals surface area (Å²) in [5, 5.41) is 34.5. The molecule has 0 aliphatic heterocycles. The van der Waals surface area contributed by atoms with Crippen molar-refractivity contribution in [3.63, 3.8) is 0 Å². The van der Waals surface area contributed by atoms with Gasteiger partial charge in [-0.05, 0) is 19.3 Å². The van der Waals surface area contributed by atoms with E-state index in [2.05, 4.69) is 6.07 Å². The highest BCUT2D eigenvalue weighted by Gasteiger charge is 2.28. The lowest BCUT2D eigenvalue weighted by Gasteiger charge is -2.23. The molecule has 0 bridgehead atoms. The van der Waals surface area contributed by atoms with E-state index in [0.717, 1.165) is 0 Å². The highest BCUT2D eigenvalue weighted by Crippen LogP contribution is 2.33. The fraction of sp³-hybridized carbons (Fsp3) is 0.636. The zero-order chi connectivity index (χ0) is 11.6.